The molecule has 0 amide bonds. The van der Waals surface area contributed by atoms with Crippen molar-refractivity contribution in [2.24, 2.45) is 0 Å². The Morgan fingerprint density at radius 2 is 0.682 bits per heavy atom. The molecule has 0 aliphatic rings. The largest absolute Gasteiger partial charge is 0.317 e. The van der Waals surface area contributed by atoms with Gasteiger partial charge in [0.2, 0.25) is 0 Å². The second-order valence-electron chi connectivity index (χ2n) is 6.70. The summed E-state index contributed by atoms with van der Waals surface area (Å²) in [6, 6.07) is 0. The Morgan fingerprint density at radius 3 is 1.00 bits per heavy atom. The first kappa shape index (κ1) is 24.7. The minimum atomic E-state index is 0. The van der Waals surface area contributed by atoms with Crippen molar-refractivity contribution in [3.05, 3.63) is 0 Å². The van der Waals surface area contributed by atoms with E-state index in [0.717, 1.165) is 0 Å². The molecule has 0 bridgehead atoms. The molecule has 2 heteroatoms. The van der Waals surface area contributed by atoms with E-state index in [9.17, 15) is 0 Å². The van der Waals surface area contributed by atoms with Crippen LogP contribution in [0.2, 0.25) is 0 Å². The van der Waals surface area contributed by atoms with Gasteiger partial charge < -0.3 is 5.32 Å². The first-order valence-corrected chi connectivity index (χ1v) is 10.1. The van der Waals surface area contributed by atoms with Crippen LogP contribution in [0.25, 0.3) is 0 Å². The zero-order chi connectivity index (χ0) is 15.4. The van der Waals surface area contributed by atoms with E-state index in [-0.39, 0.29) is 16.8 Å². The van der Waals surface area contributed by atoms with Gasteiger partial charge in [-0.1, -0.05) is 104 Å². The van der Waals surface area contributed by atoms with Gasteiger partial charge in [0.25, 0.3) is 0 Å². The van der Waals surface area contributed by atoms with Crippen molar-refractivity contribution in [2.75, 3.05) is 13.1 Å². The molecule has 0 unspecified atom stereocenters. The second-order valence-corrected chi connectivity index (χ2v) is 6.70. The maximum atomic E-state index is 3.61. The van der Waals surface area contributed by atoms with Gasteiger partial charge in [-0.2, -0.15) is 0 Å². The van der Waals surface area contributed by atoms with E-state index in [1.54, 1.807) is 0 Å². The predicted molar refractivity (Wildman–Crippen MR) is 98.1 cm³/mol. The van der Waals surface area contributed by atoms with Gasteiger partial charge >= 0.3 is 0 Å². The first-order chi connectivity index (χ1) is 10.4. The third-order valence-electron chi connectivity index (χ3n) is 4.41. The summed E-state index contributed by atoms with van der Waals surface area (Å²) in [7, 11) is 0. The maximum Gasteiger partial charge on any atom is 0 e. The Bertz CT molecular complexity index is 155. The second kappa shape index (κ2) is 23.7. The summed E-state index contributed by atoms with van der Waals surface area (Å²) in [6.07, 6.45) is 22.8. The fourth-order valence-electron chi connectivity index (χ4n) is 2.89. The summed E-state index contributed by atoms with van der Waals surface area (Å²) in [5.41, 5.74) is 0. The number of hydrogen-bond donors (Lipinski definition) is 1. The van der Waals surface area contributed by atoms with E-state index in [1.807, 2.05) is 0 Å². The van der Waals surface area contributed by atoms with Gasteiger partial charge in [0.05, 0.1) is 0 Å². The zero-order valence-electron chi connectivity index (χ0n) is 15.6. The van der Waals surface area contributed by atoms with Gasteiger partial charge in [-0.15, -0.1) is 0 Å². The average Bonchev–Trinajstić information content (AvgIpc) is 2.50. The van der Waals surface area contributed by atoms with Gasteiger partial charge in [-0.3, -0.25) is 0 Å². The molecule has 0 saturated heterocycles. The molecule has 0 saturated carbocycles. The third-order valence-corrected chi connectivity index (χ3v) is 4.41. The molecule has 0 fully saturated rings. The molecule has 0 aromatic rings. The molecule has 0 aromatic heterocycles. The Morgan fingerprint density at radius 1 is 0.409 bits per heavy atom. The number of nitrogens with one attached hydrogen (secondary N) is 1. The summed E-state index contributed by atoms with van der Waals surface area (Å²) in [5, 5.41) is 3.61. The fraction of sp³-hybridized carbons (Fsp3) is 1.00. The van der Waals surface area contributed by atoms with Crippen LogP contribution < -0.4 is 5.32 Å². The molecular formula is C20H43CoN. The van der Waals surface area contributed by atoms with Crippen molar-refractivity contribution < 1.29 is 16.8 Å². The van der Waals surface area contributed by atoms with E-state index in [2.05, 4.69) is 19.2 Å². The molecule has 0 atom stereocenters. The number of unbranched alkanes of at least 4 members (excludes halogenated alkanes) is 14. The minimum absolute atomic E-state index is 0. The third kappa shape index (κ3) is 22.7. The molecule has 0 aliphatic heterocycles. The van der Waals surface area contributed by atoms with E-state index >= 15 is 0 Å². The normalized spacial score (nSPS) is 10.6. The van der Waals surface area contributed by atoms with Crippen LogP contribution in [0.15, 0.2) is 0 Å². The molecule has 1 nitrogen and oxygen atoms in total. The Labute approximate surface area is 152 Å². The van der Waals surface area contributed by atoms with Crippen molar-refractivity contribution in [1.82, 2.24) is 5.32 Å². The van der Waals surface area contributed by atoms with Crippen molar-refractivity contribution in [1.29, 1.82) is 0 Å². The van der Waals surface area contributed by atoms with Gasteiger partial charge in [0.15, 0.2) is 0 Å². The number of hydrogen-bond acceptors (Lipinski definition) is 1. The van der Waals surface area contributed by atoms with E-state index in [4.69, 9.17) is 0 Å². The molecule has 0 aliphatic carbocycles. The molecule has 137 valence electrons. The smallest absolute Gasteiger partial charge is 0 e. The first-order valence-electron chi connectivity index (χ1n) is 10.1. The predicted octanol–water partition coefficient (Wildman–Crippen LogP) is 6.85. The van der Waals surface area contributed by atoms with E-state index < -0.39 is 0 Å². The average molecular weight is 357 g/mol. The molecule has 0 heterocycles. The van der Waals surface area contributed by atoms with Crippen LogP contribution in [0.3, 0.4) is 0 Å². The molecular weight excluding hydrogens is 313 g/mol. The molecule has 1 radical (unpaired) electrons. The minimum Gasteiger partial charge on any atom is -0.317 e. The van der Waals surface area contributed by atoms with Crippen LogP contribution in [-0.4, -0.2) is 13.1 Å². The summed E-state index contributed by atoms with van der Waals surface area (Å²) < 4.78 is 0. The van der Waals surface area contributed by atoms with Gasteiger partial charge in [0, 0.05) is 16.8 Å². The van der Waals surface area contributed by atoms with Crippen LogP contribution in [0.5, 0.6) is 0 Å². The maximum absolute atomic E-state index is 3.61. The molecule has 0 rings (SSSR count). The van der Waals surface area contributed by atoms with Gasteiger partial charge in [0.1, 0.15) is 0 Å². The van der Waals surface area contributed by atoms with Gasteiger partial charge in [-0.05, 0) is 25.9 Å². The standard InChI is InChI=1S/C20H43N.Co/c1-3-5-7-9-11-13-15-17-19-21-20-18-16-14-12-10-8-6-4-2;/h21H,3-20H2,1-2H3;. The van der Waals surface area contributed by atoms with Crippen molar-refractivity contribution >= 4 is 0 Å². The molecule has 0 spiro atoms. The SMILES string of the molecule is CCCCCCCCCCNCCCCCCCCCC.[Co]. The Hall–Kier alpha value is 0.466. The van der Waals surface area contributed by atoms with Crippen LogP contribution in [0.1, 0.15) is 117 Å². The molecule has 0 aromatic carbocycles. The summed E-state index contributed by atoms with van der Waals surface area (Å²) in [6.45, 7) is 7.06. The topological polar surface area (TPSA) is 12.0 Å². The Balaban J connectivity index is 0. The van der Waals surface area contributed by atoms with Gasteiger partial charge in [-0.25, -0.2) is 0 Å². The molecule has 22 heavy (non-hydrogen) atoms. The number of rotatable bonds is 18. The summed E-state index contributed by atoms with van der Waals surface area (Å²) in [4.78, 5) is 0. The van der Waals surface area contributed by atoms with Crippen LogP contribution in [0, 0.1) is 0 Å². The monoisotopic (exact) mass is 356 g/mol. The van der Waals surface area contributed by atoms with Crippen LogP contribution in [0.4, 0.5) is 0 Å². The Kier molecular flexibility index (Phi) is 26.7. The van der Waals surface area contributed by atoms with Crippen molar-refractivity contribution in [3.8, 4) is 0 Å². The van der Waals surface area contributed by atoms with E-state index in [1.165, 1.54) is 116 Å². The quantitative estimate of drug-likeness (QED) is 0.265. The fourth-order valence-corrected chi connectivity index (χ4v) is 2.89. The summed E-state index contributed by atoms with van der Waals surface area (Å²) >= 11 is 0. The van der Waals surface area contributed by atoms with Crippen molar-refractivity contribution in [3.63, 3.8) is 0 Å². The van der Waals surface area contributed by atoms with Crippen molar-refractivity contribution in [2.45, 2.75) is 117 Å². The molecule has 1 N–H and O–H groups in total. The zero-order valence-corrected chi connectivity index (χ0v) is 16.6. The van der Waals surface area contributed by atoms with Crippen LogP contribution in [-0.2, 0) is 16.8 Å². The van der Waals surface area contributed by atoms with Crippen LogP contribution >= 0.6 is 0 Å². The van der Waals surface area contributed by atoms with E-state index in [0.29, 0.717) is 0 Å². The summed E-state index contributed by atoms with van der Waals surface area (Å²) in [5.74, 6) is 0.